The first-order valence-electron chi connectivity index (χ1n) is 15.4. The highest BCUT2D eigenvalue weighted by molar-refractivity contribution is 5.86. The number of furan rings is 1. The minimum Gasteiger partial charge on any atom is -0.457 e. The summed E-state index contributed by atoms with van der Waals surface area (Å²) in [5, 5.41) is 11.9. The summed E-state index contributed by atoms with van der Waals surface area (Å²) in [5.74, 6) is 4.10. The molecule has 1 N–H and O–H groups in total. The van der Waals surface area contributed by atoms with Crippen LogP contribution in [0.4, 0.5) is 0 Å². The van der Waals surface area contributed by atoms with E-state index in [1.54, 1.807) is 12.1 Å². The lowest BCUT2D eigenvalue weighted by atomic mass is 9.51. The van der Waals surface area contributed by atoms with Crippen LogP contribution in [0.2, 0.25) is 0 Å². The second-order valence-electron chi connectivity index (χ2n) is 14.6. The zero-order valence-electron chi connectivity index (χ0n) is 23.3. The molecule has 208 valence electrons. The first-order valence-corrected chi connectivity index (χ1v) is 15.4. The van der Waals surface area contributed by atoms with Gasteiger partial charge in [-0.05, 0) is 117 Å². The van der Waals surface area contributed by atoms with Crippen molar-refractivity contribution in [3.05, 3.63) is 24.2 Å². The van der Waals surface area contributed by atoms with Crippen molar-refractivity contribution in [3.8, 4) is 0 Å². The van der Waals surface area contributed by atoms with Crippen molar-refractivity contribution in [1.29, 1.82) is 0 Å². The predicted molar refractivity (Wildman–Crippen MR) is 142 cm³/mol. The van der Waals surface area contributed by atoms with Crippen LogP contribution in [0.5, 0.6) is 0 Å². The van der Waals surface area contributed by atoms with Crippen molar-refractivity contribution >= 4 is 11.8 Å². The highest BCUT2D eigenvalue weighted by Crippen LogP contribution is 2.66. The number of rotatable bonds is 2. The number of ether oxygens (including phenoxy) is 1. The number of nitrogens with zero attached hydrogens (tertiary/aromatic N) is 1. The topological polar surface area (TPSA) is 80.0 Å². The zero-order valence-corrected chi connectivity index (χ0v) is 23.3. The van der Waals surface area contributed by atoms with Crippen molar-refractivity contribution in [2.75, 3.05) is 13.1 Å². The normalized spacial score (nSPS) is 50.3. The Bertz CT molecular complexity index is 1080. The quantitative estimate of drug-likeness (QED) is 0.527. The first kappa shape index (κ1) is 25.3. The number of hydrogen-bond acceptors (Lipinski definition) is 6. The van der Waals surface area contributed by atoms with Crippen molar-refractivity contribution < 1.29 is 23.8 Å². The van der Waals surface area contributed by atoms with E-state index in [0.717, 1.165) is 38.8 Å². The monoisotopic (exact) mass is 523 g/mol. The predicted octanol–water partition coefficient (Wildman–Crippen LogP) is 5.34. The van der Waals surface area contributed by atoms with E-state index >= 15 is 0 Å². The molecule has 0 spiro atoms. The molecule has 6 aliphatic rings. The summed E-state index contributed by atoms with van der Waals surface area (Å²) in [6.07, 6.45) is 10.2. The van der Waals surface area contributed by atoms with E-state index in [9.17, 15) is 14.7 Å². The van der Waals surface area contributed by atoms with E-state index in [2.05, 4.69) is 25.7 Å². The van der Waals surface area contributed by atoms with Crippen LogP contribution in [-0.2, 0) is 9.53 Å². The van der Waals surface area contributed by atoms with Crippen LogP contribution in [0.25, 0.3) is 0 Å². The van der Waals surface area contributed by atoms with Gasteiger partial charge < -0.3 is 14.3 Å². The summed E-state index contributed by atoms with van der Waals surface area (Å²) < 4.78 is 11.0. The molecule has 0 aromatic carbocycles. The maximum atomic E-state index is 13.7. The second kappa shape index (κ2) is 8.92. The molecule has 6 fully saturated rings. The molecule has 4 aliphatic carbocycles. The fraction of sp³-hybridized carbons (Fsp3) is 0.812. The number of aliphatic hydroxyl groups is 1. The average Bonchev–Trinajstić information content (AvgIpc) is 3.54. The molecule has 7 rings (SSSR count). The number of ketones is 1. The van der Waals surface area contributed by atoms with Gasteiger partial charge in [-0.2, -0.15) is 0 Å². The summed E-state index contributed by atoms with van der Waals surface area (Å²) in [4.78, 5) is 28.9. The summed E-state index contributed by atoms with van der Waals surface area (Å²) in [7, 11) is 0. The Kier molecular flexibility index (Phi) is 5.94. The summed E-state index contributed by atoms with van der Waals surface area (Å²) >= 11 is 0. The molecule has 0 bridgehead atoms. The zero-order chi connectivity index (χ0) is 26.4. The van der Waals surface area contributed by atoms with Gasteiger partial charge in [0.15, 0.2) is 0 Å². The third-order valence-electron chi connectivity index (χ3n) is 12.8. The molecule has 1 aromatic heterocycles. The first-order chi connectivity index (χ1) is 18.2. The maximum absolute atomic E-state index is 13.7. The third kappa shape index (κ3) is 3.72. The standard InChI is InChI=1S/C32H45NO5/c1-18-6-9-29-32(3,36)24-8-7-20-21(23(24)17-33(29)16-18)14-25-22(20)15-27(34)26-13-19(10-11-31(25,26)2)38-30(35)28-5-4-12-37-28/h4-5,12,18-26,29,36H,6-11,13-17H2,1-3H3/t18-,19+,20-,21-,22-,23+,24+,25+,26-,29+,31-,32+/m1/s1. The van der Waals surface area contributed by atoms with Crippen LogP contribution in [0, 0.1) is 52.8 Å². The number of piperidine rings is 2. The molecule has 0 unspecified atom stereocenters. The SMILES string of the molecule is C[C@@H]1CC[C@@H]2N(C1)C[C@H]1[C@@H]3C[C@H]4[C@H](CC(=O)[C@H]5C[C@@H](OC(=O)c6ccco6)CC[C@@]54C)[C@@H]3CC[C@@H]1[C@]2(C)O. The highest BCUT2D eigenvalue weighted by Gasteiger charge is 2.64. The minimum atomic E-state index is -0.611. The minimum absolute atomic E-state index is 0.0141. The largest absolute Gasteiger partial charge is 0.457 e. The van der Waals surface area contributed by atoms with Gasteiger partial charge in [0.2, 0.25) is 5.76 Å². The van der Waals surface area contributed by atoms with Gasteiger partial charge in [0.25, 0.3) is 0 Å². The van der Waals surface area contributed by atoms with Gasteiger partial charge in [0.05, 0.1) is 11.9 Å². The van der Waals surface area contributed by atoms with Crippen LogP contribution in [0.1, 0.15) is 89.1 Å². The summed E-state index contributed by atoms with van der Waals surface area (Å²) in [5.41, 5.74) is -0.625. The van der Waals surface area contributed by atoms with Crippen LogP contribution in [-0.4, -0.2) is 52.6 Å². The Morgan fingerprint density at radius 3 is 2.66 bits per heavy atom. The fourth-order valence-corrected chi connectivity index (χ4v) is 11.1. The van der Waals surface area contributed by atoms with Crippen molar-refractivity contribution in [2.24, 2.45) is 52.8 Å². The number of carbonyl (C=O) groups excluding carboxylic acids is 2. The Labute approximate surface area is 226 Å². The van der Waals surface area contributed by atoms with E-state index in [1.165, 1.54) is 25.5 Å². The lowest BCUT2D eigenvalue weighted by Crippen LogP contribution is -2.67. The maximum Gasteiger partial charge on any atom is 0.374 e. The molecule has 6 heteroatoms. The fourth-order valence-electron chi connectivity index (χ4n) is 11.1. The van der Waals surface area contributed by atoms with Gasteiger partial charge in [-0.3, -0.25) is 9.69 Å². The molecule has 6 nitrogen and oxygen atoms in total. The van der Waals surface area contributed by atoms with Gasteiger partial charge in [0, 0.05) is 31.5 Å². The molecule has 0 amide bonds. The number of fused-ring (bicyclic) bond motifs is 8. The Balaban J connectivity index is 1.11. The van der Waals surface area contributed by atoms with Gasteiger partial charge in [-0.25, -0.2) is 4.79 Å². The molecular formula is C32H45NO5. The van der Waals surface area contributed by atoms with E-state index < -0.39 is 11.6 Å². The van der Waals surface area contributed by atoms with Crippen LogP contribution < -0.4 is 0 Å². The number of esters is 1. The number of hydrogen-bond donors (Lipinski definition) is 1. The Morgan fingerprint density at radius 2 is 1.87 bits per heavy atom. The van der Waals surface area contributed by atoms with Crippen LogP contribution in [0.15, 0.2) is 22.8 Å². The van der Waals surface area contributed by atoms with E-state index in [1.807, 2.05) is 0 Å². The van der Waals surface area contributed by atoms with E-state index in [-0.39, 0.29) is 23.2 Å². The number of carbonyl (C=O) groups is 2. The third-order valence-corrected chi connectivity index (χ3v) is 12.8. The molecule has 0 radical (unpaired) electrons. The van der Waals surface area contributed by atoms with E-state index in [0.29, 0.717) is 66.1 Å². The molecule has 3 heterocycles. The molecule has 38 heavy (non-hydrogen) atoms. The van der Waals surface area contributed by atoms with Crippen LogP contribution >= 0.6 is 0 Å². The van der Waals surface area contributed by atoms with Gasteiger partial charge in [-0.15, -0.1) is 0 Å². The average molecular weight is 524 g/mol. The van der Waals surface area contributed by atoms with Gasteiger partial charge in [-0.1, -0.05) is 13.8 Å². The second-order valence-corrected chi connectivity index (χ2v) is 14.6. The molecule has 2 saturated heterocycles. The summed E-state index contributed by atoms with van der Waals surface area (Å²) in [6, 6.07) is 3.64. The lowest BCUT2D eigenvalue weighted by molar-refractivity contribution is -0.175. The van der Waals surface area contributed by atoms with Crippen molar-refractivity contribution in [2.45, 2.75) is 96.3 Å². The lowest BCUT2D eigenvalue weighted by Gasteiger charge is -2.59. The van der Waals surface area contributed by atoms with Gasteiger partial charge in [0.1, 0.15) is 11.9 Å². The van der Waals surface area contributed by atoms with E-state index in [4.69, 9.17) is 9.15 Å². The molecule has 2 aliphatic heterocycles. The summed E-state index contributed by atoms with van der Waals surface area (Å²) in [6.45, 7) is 9.14. The molecule has 12 atom stereocenters. The Hall–Kier alpha value is -1.66. The smallest absolute Gasteiger partial charge is 0.374 e. The number of Topliss-reactive ketones (excluding diaryl/α,β-unsaturated/α-hetero) is 1. The highest BCUT2D eigenvalue weighted by atomic mass is 16.6. The van der Waals surface area contributed by atoms with Crippen molar-refractivity contribution in [1.82, 2.24) is 4.90 Å². The molecule has 4 saturated carbocycles. The molecule has 1 aromatic rings. The Morgan fingerprint density at radius 1 is 1.03 bits per heavy atom. The molecular weight excluding hydrogens is 478 g/mol. The van der Waals surface area contributed by atoms with Gasteiger partial charge >= 0.3 is 5.97 Å². The van der Waals surface area contributed by atoms with Crippen LogP contribution in [0.3, 0.4) is 0 Å². The van der Waals surface area contributed by atoms with Crippen molar-refractivity contribution in [3.63, 3.8) is 0 Å².